The first-order valence-electron chi connectivity index (χ1n) is 5.19. The van der Waals surface area contributed by atoms with Gasteiger partial charge in [-0.1, -0.05) is 26.7 Å². The van der Waals surface area contributed by atoms with Crippen LogP contribution in [0.2, 0.25) is 0 Å². The van der Waals surface area contributed by atoms with Crippen LogP contribution < -0.4 is 0 Å². The Bertz CT molecular complexity index is 163. The van der Waals surface area contributed by atoms with E-state index in [2.05, 4.69) is 13.8 Å². The molecule has 1 fully saturated rings. The van der Waals surface area contributed by atoms with Gasteiger partial charge in [-0.3, -0.25) is 4.79 Å². The molecule has 0 heterocycles. The predicted octanol–water partition coefficient (Wildman–Crippen LogP) is 2.77. The first kappa shape index (κ1) is 10.6. The molecule has 1 aliphatic carbocycles. The van der Waals surface area contributed by atoms with Crippen molar-refractivity contribution in [3.63, 3.8) is 0 Å². The maximum Gasteiger partial charge on any atom is 0.293 e. The van der Waals surface area contributed by atoms with Crippen molar-refractivity contribution in [3.8, 4) is 0 Å². The summed E-state index contributed by atoms with van der Waals surface area (Å²) in [4.78, 5) is 9.95. The highest BCUT2D eigenvalue weighted by Crippen LogP contribution is 2.39. The molecule has 1 saturated carbocycles. The van der Waals surface area contributed by atoms with Crippen LogP contribution >= 0.6 is 0 Å². The van der Waals surface area contributed by atoms with Gasteiger partial charge in [0.1, 0.15) is 0 Å². The largest absolute Gasteiger partial charge is 0.468 e. The number of ether oxygens (including phenoxy) is 1. The Morgan fingerprint density at radius 1 is 1.54 bits per heavy atom. The molecule has 0 aliphatic heterocycles. The van der Waals surface area contributed by atoms with E-state index in [0.29, 0.717) is 18.5 Å². The minimum atomic E-state index is 0.504. The van der Waals surface area contributed by atoms with Crippen molar-refractivity contribution >= 4 is 6.47 Å². The van der Waals surface area contributed by atoms with Crippen LogP contribution in [0.15, 0.2) is 0 Å². The van der Waals surface area contributed by atoms with Crippen LogP contribution in [0.1, 0.15) is 46.0 Å². The molecule has 1 rings (SSSR count). The second-order valence-electron chi connectivity index (χ2n) is 4.88. The zero-order valence-corrected chi connectivity index (χ0v) is 8.71. The lowest BCUT2D eigenvalue weighted by molar-refractivity contribution is -0.129. The predicted molar refractivity (Wildman–Crippen MR) is 52.4 cm³/mol. The minimum Gasteiger partial charge on any atom is -0.468 e. The summed E-state index contributed by atoms with van der Waals surface area (Å²) in [6.45, 7) is 5.82. The van der Waals surface area contributed by atoms with Gasteiger partial charge in [0.2, 0.25) is 0 Å². The number of carbonyl (C=O) groups excluding carboxylic acids is 1. The van der Waals surface area contributed by atoms with Crippen LogP contribution in [0.5, 0.6) is 0 Å². The summed E-state index contributed by atoms with van der Waals surface area (Å²) < 4.78 is 4.72. The van der Waals surface area contributed by atoms with Gasteiger partial charge in [0.05, 0.1) is 6.61 Å². The Morgan fingerprint density at radius 2 is 2.31 bits per heavy atom. The molecule has 1 aliphatic rings. The van der Waals surface area contributed by atoms with Gasteiger partial charge in [0.15, 0.2) is 0 Å². The van der Waals surface area contributed by atoms with Gasteiger partial charge < -0.3 is 4.74 Å². The average molecular weight is 184 g/mol. The molecule has 0 saturated heterocycles. The standard InChI is InChI=1S/C11H20O2/c1-11(2)6-3-4-10(8-11)5-7-13-9-12/h9-10H,3-8H2,1-2H3. The molecule has 2 heteroatoms. The van der Waals surface area contributed by atoms with E-state index < -0.39 is 0 Å². The molecule has 76 valence electrons. The fraction of sp³-hybridized carbons (Fsp3) is 0.909. The molecule has 0 aromatic carbocycles. The lowest BCUT2D eigenvalue weighted by Gasteiger charge is -2.35. The molecule has 0 aromatic heterocycles. The summed E-state index contributed by atoms with van der Waals surface area (Å²) in [5.41, 5.74) is 0.504. The number of hydrogen-bond donors (Lipinski definition) is 0. The Hall–Kier alpha value is -0.530. The van der Waals surface area contributed by atoms with Crippen LogP contribution in [-0.2, 0) is 9.53 Å². The smallest absolute Gasteiger partial charge is 0.293 e. The Morgan fingerprint density at radius 3 is 2.92 bits per heavy atom. The summed E-state index contributed by atoms with van der Waals surface area (Å²) in [7, 11) is 0. The first-order chi connectivity index (χ1) is 6.14. The van der Waals surface area contributed by atoms with Crippen molar-refractivity contribution in [1.29, 1.82) is 0 Å². The van der Waals surface area contributed by atoms with Crippen molar-refractivity contribution in [1.82, 2.24) is 0 Å². The SMILES string of the molecule is CC1(C)CCCC(CCOC=O)C1. The van der Waals surface area contributed by atoms with E-state index in [9.17, 15) is 4.79 Å². The summed E-state index contributed by atoms with van der Waals surface area (Å²) in [6.07, 6.45) is 6.32. The van der Waals surface area contributed by atoms with E-state index in [1.807, 2.05) is 0 Å². The highest BCUT2D eigenvalue weighted by atomic mass is 16.5. The van der Waals surface area contributed by atoms with E-state index in [1.165, 1.54) is 25.7 Å². The quantitative estimate of drug-likeness (QED) is 0.496. The van der Waals surface area contributed by atoms with E-state index in [4.69, 9.17) is 4.74 Å². The van der Waals surface area contributed by atoms with Crippen molar-refractivity contribution < 1.29 is 9.53 Å². The molecular formula is C11H20O2. The fourth-order valence-corrected chi connectivity index (χ4v) is 2.38. The van der Waals surface area contributed by atoms with Crippen LogP contribution in [0.4, 0.5) is 0 Å². The lowest BCUT2D eigenvalue weighted by atomic mass is 9.71. The molecular weight excluding hydrogens is 164 g/mol. The lowest BCUT2D eigenvalue weighted by Crippen LogP contribution is -2.23. The van der Waals surface area contributed by atoms with Crippen LogP contribution in [-0.4, -0.2) is 13.1 Å². The molecule has 0 bridgehead atoms. The Labute approximate surface area is 80.7 Å². The summed E-state index contributed by atoms with van der Waals surface area (Å²) in [5.74, 6) is 0.767. The molecule has 13 heavy (non-hydrogen) atoms. The minimum absolute atomic E-state index is 0.504. The third-order valence-electron chi connectivity index (χ3n) is 3.02. The van der Waals surface area contributed by atoms with Crippen LogP contribution in [0, 0.1) is 11.3 Å². The molecule has 0 radical (unpaired) electrons. The molecule has 0 amide bonds. The number of rotatable bonds is 4. The van der Waals surface area contributed by atoms with E-state index >= 15 is 0 Å². The van der Waals surface area contributed by atoms with Crippen molar-refractivity contribution in [3.05, 3.63) is 0 Å². The van der Waals surface area contributed by atoms with Gasteiger partial charge in [-0.25, -0.2) is 0 Å². The molecule has 0 spiro atoms. The zero-order valence-electron chi connectivity index (χ0n) is 8.71. The number of hydrogen-bond acceptors (Lipinski definition) is 2. The second kappa shape index (κ2) is 4.64. The van der Waals surface area contributed by atoms with Crippen molar-refractivity contribution in [2.24, 2.45) is 11.3 Å². The number of carbonyl (C=O) groups is 1. The maximum atomic E-state index is 9.95. The molecule has 1 atom stereocenters. The molecule has 0 aromatic rings. The summed E-state index contributed by atoms with van der Waals surface area (Å²) in [6, 6.07) is 0. The summed E-state index contributed by atoms with van der Waals surface area (Å²) in [5, 5.41) is 0. The maximum absolute atomic E-state index is 9.95. The van der Waals surface area contributed by atoms with Gasteiger partial charge in [-0.05, 0) is 30.6 Å². The van der Waals surface area contributed by atoms with Crippen molar-refractivity contribution in [2.75, 3.05) is 6.61 Å². The average Bonchev–Trinajstić information content (AvgIpc) is 2.03. The molecule has 0 N–H and O–H groups in total. The Balaban J connectivity index is 2.22. The normalized spacial score (nSPS) is 26.8. The van der Waals surface area contributed by atoms with E-state index in [-0.39, 0.29) is 0 Å². The van der Waals surface area contributed by atoms with Crippen LogP contribution in [0.3, 0.4) is 0 Å². The van der Waals surface area contributed by atoms with Gasteiger partial charge >= 0.3 is 0 Å². The monoisotopic (exact) mass is 184 g/mol. The molecule has 1 unspecified atom stereocenters. The third kappa shape index (κ3) is 3.79. The van der Waals surface area contributed by atoms with Gasteiger partial charge in [0, 0.05) is 0 Å². The Kier molecular flexibility index (Phi) is 3.76. The van der Waals surface area contributed by atoms with Gasteiger partial charge in [0.25, 0.3) is 6.47 Å². The van der Waals surface area contributed by atoms with Crippen LogP contribution in [0.25, 0.3) is 0 Å². The van der Waals surface area contributed by atoms with Gasteiger partial charge in [-0.15, -0.1) is 0 Å². The fourth-order valence-electron chi connectivity index (χ4n) is 2.38. The van der Waals surface area contributed by atoms with Crippen molar-refractivity contribution in [2.45, 2.75) is 46.0 Å². The van der Waals surface area contributed by atoms with E-state index in [0.717, 1.165) is 12.3 Å². The zero-order chi connectivity index (χ0) is 9.73. The summed E-state index contributed by atoms with van der Waals surface area (Å²) >= 11 is 0. The highest BCUT2D eigenvalue weighted by molar-refractivity contribution is 5.36. The van der Waals surface area contributed by atoms with E-state index in [1.54, 1.807) is 0 Å². The topological polar surface area (TPSA) is 26.3 Å². The highest BCUT2D eigenvalue weighted by Gasteiger charge is 2.27. The first-order valence-corrected chi connectivity index (χ1v) is 5.19. The third-order valence-corrected chi connectivity index (χ3v) is 3.02. The van der Waals surface area contributed by atoms with Gasteiger partial charge in [-0.2, -0.15) is 0 Å². The molecule has 2 nitrogen and oxygen atoms in total. The second-order valence-corrected chi connectivity index (χ2v) is 4.88.